The van der Waals surface area contributed by atoms with Crippen molar-refractivity contribution in [2.24, 2.45) is 5.73 Å². The maximum Gasteiger partial charge on any atom is 0.303 e. The van der Waals surface area contributed by atoms with E-state index in [9.17, 15) is 19.8 Å². The number of aliphatic hydroxyl groups is 2. The van der Waals surface area contributed by atoms with Crippen molar-refractivity contribution in [1.29, 1.82) is 0 Å². The zero-order valence-electron chi connectivity index (χ0n) is 17.9. The van der Waals surface area contributed by atoms with E-state index >= 15 is 0 Å². The molecule has 4 unspecified atom stereocenters. The molecule has 0 aromatic carbocycles. The van der Waals surface area contributed by atoms with Crippen molar-refractivity contribution in [3.05, 3.63) is 12.2 Å². The van der Waals surface area contributed by atoms with Crippen molar-refractivity contribution in [2.75, 3.05) is 0 Å². The average molecular weight is 400 g/mol. The van der Waals surface area contributed by atoms with Crippen molar-refractivity contribution in [2.45, 2.75) is 116 Å². The molecule has 0 fully saturated rings. The van der Waals surface area contributed by atoms with E-state index in [1.54, 1.807) is 0 Å². The molecule has 0 spiro atoms. The molecule has 0 amide bonds. The minimum Gasteiger partial charge on any atom is -0.453 e. The van der Waals surface area contributed by atoms with Crippen molar-refractivity contribution >= 4 is 11.8 Å². The van der Waals surface area contributed by atoms with Gasteiger partial charge in [0, 0.05) is 6.92 Å². The molecule has 4 N–H and O–H groups in total. The number of ether oxygens (including phenoxy) is 1. The summed E-state index contributed by atoms with van der Waals surface area (Å²) in [6.07, 6.45) is 12.8. The van der Waals surface area contributed by atoms with Gasteiger partial charge in [-0.3, -0.25) is 9.59 Å². The number of unbranched alkanes of at least 4 members (excludes halogenated alkanes) is 9. The van der Waals surface area contributed by atoms with Gasteiger partial charge in [0.05, 0.1) is 18.2 Å². The third kappa shape index (κ3) is 13.9. The summed E-state index contributed by atoms with van der Waals surface area (Å²) in [6, 6.07) is -1.07. The van der Waals surface area contributed by atoms with Crippen LogP contribution in [0.4, 0.5) is 0 Å². The molecule has 164 valence electrons. The lowest BCUT2D eigenvalue weighted by atomic mass is 10.0. The second-order valence-electron chi connectivity index (χ2n) is 7.63. The predicted molar refractivity (Wildman–Crippen MR) is 112 cm³/mol. The molecule has 0 aromatic heterocycles. The van der Waals surface area contributed by atoms with Gasteiger partial charge in [0.25, 0.3) is 0 Å². The monoisotopic (exact) mass is 399 g/mol. The second kappa shape index (κ2) is 16.7. The van der Waals surface area contributed by atoms with E-state index in [2.05, 4.69) is 6.92 Å². The number of Topliss-reactive ketones (excluding diaryl/α,β-unsaturated/α-hetero) is 1. The Morgan fingerprint density at radius 1 is 0.893 bits per heavy atom. The van der Waals surface area contributed by atoms with Gasteiger partial charge in [0.15, 0.2) is 11.9 Å². The van der Waals surface area contributed by atoms with Crippen LogP contribution in [0.2, 0.25) is 0 Å². The Morgan fingerprint density at radius 3 is 1.86 bits per heavy atom. The van der Waals surface area contributed by atoms with E-state index < -0.39 is 36.1 Å². The summed E-state index contributed by atoms with van der Waals surface area (Å²) >= 11 is 0. The molecule has 28 heavy (non-hydrogen) atoms. The summed E-state index contributed by atoms with van der Waals surface area (Å²) in [4.78, 5) is 22.6. The number of hydrogen-bond donors (Lipinski definition) is 3. The SMILES string of the molecule is CCCCCCCCCCCCC(O)C=CC(O)C(N)C(OC(C)=O)C(C)=O. The quantitative estimate of drug-likeness (QED) is 0.196. The third-order valence-electron chi connectivity index (χ3n) is 4.82. The molecular formula is C22H41NO5. The first-order valence-electron chi connectivity index (χ1n) is 10.8. The van der Waals surface area contributed by atoms with Crippen LogP contribution in [0.15, 0.2) is 12.2 Å². The summed E-state index contributed by atoms with van der Waals surface area (Å²) < 4.78 is 4.87. The number of rotatable bonds is 17. The Labute approximate surface area is 170 Å². The smallest absolute Gasteiger partial charge is 0.303 e. The van der Waals surface area contributed by atoms with Crippen LogP contribution in [-0.4, -0.2) is 46.3 Å². The average Bonchev–Trinajstić information content (AvgIpc) is 2.64. The van der Waals surface area contributed by atoms with Crippen LogP contribution in [0.3, 0.4) is 0 Å². The normalized spacial score (nSPS) is 15.9. The summed E-state index contributed by atoms with van der Waals surface area (Å²) in [5, 5.41) is 20.1. The lowest BCUT2D eigenvalue weighted by Gasteiger charge is -2.24. The van der Waals surface area contributed by atoms with E-state index in [0.29, 0.717) is 6.42 Å². The molecule has 0 aliphatic heterocycles. The molecule has 0 saturated carbocycles. The van der Waals surface area contributed by atoms with Crippen molar-refractivity contribution in [1.82, 2.24) is 0 Å². The van der Waals surface area contributed by atoms with Gasteiger partial charge in [-0.15, -0.1) is 0 Å². The highest BCUT2D eigenvalue weighted by molar-refractivity contribution is 5.84. The van der Waals surface area contributed by atoms with Crippen LogP contribution >= 0.6 is 0 Å². The summed E-state index contributed by atoms with van der Waals surface area (Å²) in [5.74, 6) is -1.06. The van der Waals surface area contributed by atoms with Crippen LogP contribution in [0, 0.1) is 0 Å². The first-order valence-corrected chi connectivity index (χ1v) is 10.8. The number of carbonyl (C=O) groups excluding carboxylic acids is 2. The first-order chi connectivity index (χ1) is 13.3. The number of esters is 1. The maximum absolute atomic E-state index is 11.5. The van der Waals surface area contributed by atoms with E-state index in [-0.39, 0.29) is 0 Å². The van der Waals surface area contributed by atoms with Gasteiger partial charge in [0.2, 0.25) is 0 Å². The van der Waals surface area contributed by atoms with Crippen LogP contribution in [0.5, 0.6) is 0 Å². The highest BCUT2D eigenvalue weighted by atomic mass is 16.5. The van der Waals surface area contributed by atoms with Gasteiger partial charge >= 0.3 is 5.97 Å². The molecule has 0 aliphatic rings. The number of hydrogen-bond acceptors (Lipinski definition) is 6. The number of nitrogens with two attached hydrogens (primary N) is 1. The first kappa shape index (κ1) is 26.8. The van der Waals surface area contributed by atoms with Gasteiger partial charge in [0.1, 0.15) is 0 Å². The molecule has 0 heterocycles. The van der Waals surface area contributed by atoms with E-state index in [1.807, 2.05) is 0 Å². The predicted octanol–water partition coefficient (Wildman–Crippen LogP) is 3.42. The van der Waals surface area contributed by atoms with Gasteiger partial charge in [-0.25, -0.2) is 0 Å². The van der Waals surface area contributed by atoms with E-state index in [4.69, 9.17) is 10.5 Å². The molecule has 0 saturated heterocycles. The fourth-order valence-electron chi connectivity index (χ4n) is 3.10. The highest BCUT2D eigenvalue weighted by Crippen LogP contribution is 2.13. The molecule has 0 aromatic rings. The minimum atomic E-state index is -1.20. The fraction of sp³-hybridized carbons (Fsp3) is 0.818. The van der Waals surface area contributed by atoms with Crippen LogP contribution in [0.25, 0.3) is 0 Å². The highest BCUT2D eigenvalue weighted by Gasteiger charge is 2.29. The van der Waals surface area contributed by atoms with Crippen molar-refractivity contribution in [3.63, 3.8) is 0 Å². The molecule has 6 heteroatoms. The number of aliphatic hydroxyl groups excluding tert-OH is 2. The molecular weight excluding hydrogens is 358 g/mol. The number of carbonyl (C=O) groups is 2. The molecule has 0 aliphatic carbocycles. The summed E-state index contributed by atoms with van der Waals surface area (Å²) in [6.45, 7) is 4.66. The topological polar surface area (TPSA) is 110 Å². The fourth-order valence-corrected chi connectivity index (χ4v) is 3.10. The summed E-state index contributed by atoms with van der Waals surface area (Å²) in [5.41, 5.74) is 5.82. The number of ketones is 1. The van der Waals surface area contributed by atoms with Gasteiger partial charge in [-0.2, -0.15) is 0 Å². The molecule has 6 nitrogen and oxygen atoms in total. The van der Waals surface area contributed by atoms with Crippen LogP contribution < -0.4 is 5.73 Å². The Bertz CT molecular complexity index is 452. The second-order valence-corrected chi connectivity index (χ2v) is 7.63. The Balaban J connectivity index is 3.98. The Kier molecular flexibility index (Phi) is 16.0. The standard InChI is InChI=1S/C22H41NO5/c1-4-5-6-7-8-9-10-11-12-13-14-19(26)15-16-20(27)21(23)22(17(2)24)28-18(3)25/h15-16,19-22,26-27H,4-14,23H2,1-3H3. The molecule has 0 rings (SSSR count). The molecule has 4 atom stereocenters. The zero-order valence-corrected chi connectivity index (χ0v) is 17.9. The summed E-state index contributed by atoms with van der Waals surface area (Å²) in [7, 11) is 0. The van der Waals surface area contributed by atoms with Crippen LogP contribution in [-0.2, 0) is 14.3 Å². The third-order valence-corrected chi connectivity index (χ3v) is 4.82. The van der Waals surface area contributed by atoms with E-state index in [1.165, 1.54) is 77.4 Å². The maximum atomic E-state index is 11.5. The van der Waals surface area contributed by atoms with Gasteiger partial charge in [-0.05, 0) is 13.3 Å². The largest absolute Gasteiger partial charge is 0.453 e. The van der Waals surface area contributed by atoms with E-state index in [0.717, 1.165) is 12.8 Å². The van der Waals surface area contributed by atoms with Crippen LogP contribution in [0.1, 0.15) is 91.4 Å². The lowest BCUT2D eigenvalue weighted by Crippen LogP contribution is -2.49. The minimum absolute atomic E-state index is 0.430. The molecule has 0 radical (unpaired) electrons. The van der Waals surface area contributed by atoms with Gasteiger partial charge < -0.3 is 20.7 Å². The Morgan fingerprint density at radius 2 is 1.39 bits per heavy atom. The Hall–Kier alpha value is -1.24. The lowest BCUT2D eigenvalue weighted by molar-refractivity contribution is -0.154. The zero-order chi connectivity index (χ0) is 21.4. The van der Waals surface area contributed by atoms with Crippen molar-refractivity contribution < 1.29 is 24.5 Å². The molecule has 0 bridgehead atoms. The van der Waals surface area contributed by atoms with Gasteiger partial charge in [-0.1, -0.05) is 83.3 Å². The van der Waals surface area contributed by atoms with Crippen molar-refractivity contribution in [3.8, 4) is 0 Å².